The predicted molar refractivity (Wildman–Crippen MR) is 122 cm³/mol. The van der Waals surface area contributed by atoms with E-state index in [1.807, 2.05) is 54.6 Å². The van der Waals surface area contributed by atoms with E-state index in [0.717, 1.165) is 21.9 Å². The lowest BCUT2D eigenvalue weighted by Gasteiger charge is -2.11. The number of aliphatic hydroxyl groups excluding tert-OH is 1. The van der Waals surface area contributed by atoms with Crippen LogP contribution in [-0.4, -0.2) is 17.2 Å². The monoisotopic (exact) mass is 410 g/mol. The number of aliphatic hydroxyl groups is 1. The second kappa shape index (κ2) is 9.69. The quantitative estimate of drug-likeness (QED) is 0.345. The Bertz CT molecular complexity index is 1200. The molecule has 1 amide bonds. The van der Waals surface area contributed by atoms with Gasteiger partial charge < -0.3 is 9.84 Å². The Morgan fingerprint density at radius 3 is 2.48 bits per heavy atom. The predicted octanol–water partition coefficient (Wildman–Crippen LogP) is 4.60. The molecule has 0 heterocycles. The molecule has 0 saturated carbocycles. The minimum atomic E-state index is -1.28. The maximum atomic E-state index is 12.1. The summed E-state index contributed by atoms with van der Waals surface area (Å²) in [5.41, 5.74) is 4.69. The smallest absolute Gasteiger partial charge is 0.273 e. The first kappa shape index (κ1) is 20.3. The molecule has 31 heavy (non-hydrogen) atoms. The molecule has 4 aromatic carbocycles. The fourth-order valence-electron chi connectivity index (χ4n) is 3.31. The minimum Gasteiger partial charge on any atom is -0.488 e. The number of benzene rings is 4. The second-order valence-electron chi connectivity index (χ2n) is 7.01. The lowest BCUT2D eigenvalue weighted by molar-refractivity contribution is -0.129. The summed E-state index contributed by atoms with van der Waals surface area (Å²) in [5.74, 6) is 0.0497. The van der Waals surface area contributed by atoms with E-state index in [9.17, 15) is 9.90 Å². The first-order chi connectivity index (χ1) is 15.2. The van der Waals surface area contributed by atoms with Crippen molar-refractivity contribution >= 4 is 22.9 Å². The van der Waals surface area contributed by atoms with Crippen molar-refractivity contribution in [2.24, 2.45) is 5.10 Å². The number of carbonyl (C=O) groups is 1. The molecule has 5 heteroatoms. The fraction of sp³-hybridized carbons (Fsp3) is 0.0769. The van der Waals surface area contributed by atoms with Gasteiger partial charge in [-0.3, -0.25) is 4.79 Å². The van der Waals surface area contributed by atoms with Gasteiger partial charge in [-0.2, -0.15) is 5.10 Å². The molecule has 4 aromatic rings. The maximum absolute atomic E-state index is 12.1. The van der Waals surface area contributed by atoms with Gasteiger partial charge in [-0.15, -0.1) is 0 Å². The third kappa shape index (κ3) is 4.97. The number of amides is 1. The molecule has 0 saturated heterocycles. The van der Waals surface area contributed by atoms with Crippen molar-refractivity contribution in [1.82, 2.24) is 5.43 Å². The van der Waals surface area contributed by atoms with Gasteiger partial charge in [0.05, 0.1) is 6.21 Å². The lowest BCUT2D eigenvalue weighted by Crippen LogP contribution is -2.25. The van der Waals surface area contributed by atoms with Gasteiger partial charge in [-0.05, 0) is 34.0 Å². The second-order valence-corrected chi connectivity index (χ2v) is 7.01. The molecular formula is C26H22N2O3. The highest BCUT2D eigenvalue weighted by Gasteiger charge is 2.16. The van der Waals surface area contributed by atoms with Gasteiger partial charge in [0.2, 0.25) is 0 Å². The largest absolute Gasteiger partial charge is 0.488 e. The van der Waals surface area contributed by atoms with Gasteiger partial charge in [0.1, 0.15) is 12.4 Å². The Morgan fingerprint density at radius 2 is 1.61 bits per heavy atom. The molecule has 154 valence electrons. The highest BCUT2D eigenvalue weighted by Crippen LogP contribution is 2.22. The molecule has 0 aliphatic heterocycles. The van der Waals surface area contributed by atoms with Crippen LogP contribution in [0.2, 0.25) is 0 Å². The van der Waals surface area contributed by atoms with Crippen LogP contribution in [0.1, 0.15) is 22.8 Å². The van der Waals surface area contributed by atoms with Crippen LogP contribution in [0.4, 0.5) is 0 Å². The summed E-state index contributed by atoms with van der Waals surface area (Å²) in [5, 5.41) is 16.4. The Kier molecular flexibility index (Phi) is 6.35. The summed E-state index contributed by atoms with van der Waals surface area (Å²) in [6.45, 7) is 0.408. The Labute approximate surface area is 180 Å². The summed E-state index contributed by atoms with van der Waals surface area (Å²) in [7, 11) is 0. The van der Waals surface area contributed by atoms with Gasteiger partial charge in [0.15, 0.2) is 6.10 Å². The van der Waals surface area contributed by atoms with E-state index in [1.165, 1.54) is 6.21 Å². The Hall–Kier alpha value is -3.96. The topological polar surface area (TPSA) is 70.9 Å². The van der Waals surface area contributed by atoms with E-state index in [0.29, 0.717) is 17.9 Å². The van der Waals surface area contributed by atoms with Crippen molar-refractivity contribution in [3.8, 4) is 5.75 Å². The summed E-state index contributed by atoms with van der Waals surface area (Å²) in [6, 6.07) is 30.5. The fourth-order valence-corrected chi connectivity index (χ4v) is 3.31. The molecule has 0 aromatic heterocycles. The molecular weight excluding hydrogens is 388 g/mol. The zero-order valence-electron chi connectivity index (χ0n) is 16.8. The van der Waals surface area contributed by atoms with E-state index in [4.69, 9.17) is 4.74 Å². The molecule has 5 nitrogen and oxygen atoms in total. The Balaban J connectivity index is 1.43. The molecule has 4 rings (SSSR count). The van der Waals surface area contributed by atoms with Crippen LogP contribution in [0.3, 0.4) is 0 Å². The third-order valence-electron chi connectivity index (χ3n) is 4.92. The number of rotatable bonds is 7. The van der Waals surface area contributed by atoms with Crippen LogP contribution in [0.25, 0.3) is 10.8 Å². The molecule has 0 fully saturated rings. The normalized spacial score (nSPS) is 12.0. The Morgan fingerprint density at radius 1 is 0.903 bits per heavy atom. The lowest BCUT2D eigenvalue weighted by atomic mass is 10.1. The first-order valence-corrected chi connectivity index (χ1v) is 9.97. The number of hydrogen-bond acceptors (Lipinski definition) is 4. The van der Waals surface area contributed by atoms with Crippen LogP contribution < -0.4 is 10.2 Å². The minimum absolute atomic E-state index is 0.408. The average molecular weight is 410 g/mol. The van der Waals surface area contributed by atoms with Crippen molar-refractivity contribution in [3.05, 3.63) is 114 Å². The summed E-state index contributed by atoms with van der Waals surface area (Å²) in [6.07, 6.45) is 0.227. The van der Waals surface area contributed by atoms with Crippen LogP contribution in [-0.2, 0) is 11.4 Å². The molecule has 0 aliphatic rings. The van der Waals surface area contributed by atoms with Gasteiger partial charge in [0, 0.05) is 5.56 Å². The summed E-state index contributed by atoms with van der Waals surface area (Å²) in [4.78, 5) is 12.1. The number of nitrogens with one attached hydrogen (secondary N) is 1. The third-order valence-corrected chi connectivity index (χ3v) is 4.92. The van der Waals surface area contributed by atoms with E-state index in [-0.39, 0.29) is 0 Å². The van der Waals surface area contributed by atoms with E-state index in [1.54, 1.807) is 24.3 Å². The number of nitrogens with zero attached hydrogens (tertiary/aromatic N) is 1. The number of ether oxygens (including phenoxy) is 1. The van der Waals surface area contributed by atoms with Crippen LogP contribution in [0.15, 0.2) is 102 Å². The van der Waals surface area contributed by atoms with Crippen molar-refractivity contribution < 1.29 is 14.6 Å². The highest BCUT2D eigenvalue weighted by atomic mass is 16.5. The zero-order chi connectivity index (χ0) is 21.5. The summed E-state index contributed by atoms with van der Waals surface area (Å²) < 4.78 is 6.05. The van der Waals surface area contributed by atoms with Gasteiger partial charge >= 0.3 is 0 Å². The average Bonchev–Trinajstić information content (AvgIpc) is 2.83. The number of hydrazone groups is 1. The molecule has 1 atom stereocenters. The van der Waals surface area contributed by atoms with Crippen LogP contribution in [0.5, 0.6) is 5.75 Å². The maximum Gasteiger partial charge on any atom is 0.273 e. The van der Waals surface area contributed by atoms with Crippen molar-refractivity contribution in [3.63, 3.8) is 0 Å². The van der Waals surface area contributed by atoms with Crippen LogP contribution in [0, 0.1) is 0 Å². The van der Waals surface area contributed by atoms with Crippen molar-refractivity contribution in [2.45, 2.75) is 12.7 Å². The molecule has 0 unspecified atom stereocenters. The first-order valence-electron chi connectivity index (χ1n) is 9.97. The molecule has 0 aliphatic carbocycles. The van der Waals surface area contributed by atoms with Gasteiger partial charge in [-0.25, -0.2) is 5.43 Å². The number of hydrogen-bond donors (Lipinski definition) is 2. The highest BCUT2D eigenvalue weighted by molar-refractivity contribution is 5.87. The van der Waals surface area contributed by atoms with Crippen molar-refractivity contribution in [1.29, 1.82) is 0 Å². The van der Waals surface area contributed by atoms with Gasteiger partial charge in [0.25, 0.3) is 5.91 Å². The standard InChI is InChI=1S/C26H22N2O3/c29-25(20-10-2-1-3-11-20)26(30)28-27-17-21-12-5-7-16-24(21)31-18-22-14-8-13-19-9-4-6-15-23(19)22/h1-17,25,29H,18H2,(H,28,30)/b27-17-/t25-/m1/s1. The number of para-hydroxylation sites is 1. The molecule has 0 radical (unpaired) electrons. The number of fused-ring (bicyclic) bond motifs is 1. The summed E-state index contributed by atoms with van der Waals surface area (Å²) >= 11 is 0. The van der Waals surface area contributed by atoms with Gasteiger partial charge in [-0.1, -0.05) is 84.9 Å². The van der Waals surface area contributed by atoms with E-state index < -0.39 is 12.0 Å². The van der Waals surface area contributed by atoms with Crippen molar-refractivity contribution in [2.75, 3.05) is 0 Å². The zero-order valence-corrected chi connectivity index (χ0v) is 16.8. The molecule has 0 bridgehead atoms. The van der Waals surface area contributed by atoms with E-state index >= 15 is 0 Å². The SMILES string of the molecule is O=C(N/N=C\c1ccccc1OCc1cccc2ccccc12)[C@H](O)c1ccccc1. The van der Waals surface area contributed by atoms with E-state index in [2.05, 4.69) is 28.7 Å². The molecule has 2 N–H and O–H groups in total. The van der Waals surface area contributed by atoms with Crippen LogP contribution >= 0.6 is 0 Å². The number of carbonyl (C=O) groups excluding carboxylic acids is 1. The molecule has 0 spiro atoms.